The molecular weight excluding hydrogens is 208 g/mol. The van der Waals surface area contributed by atoms with Crippen LogP contribution in [0.3, 0.4) is 0 Å². The van der Waals surface area contributed by atoms with Gasteiger partial charge in [-0.15, -0.1) is 0 Å². The lowest BCUT2D eigenvalue weighted by molar-refractivity contribution is -0.174. The fourth-order valence-corrected chi connectivity index (χ4v) is 6.40. The molecule has 17 heavy (non-hydrogen) atoms. The molecule has 0 spiro atoms. The summed E-state index contributed by atoms with van der Waals surface area (Å²) in [6.45, 7) is 2.51. The second-order valence-corrected chi connectivity index (χ2v) is 8.27. The number of hydrogen-bond donors (Lipinski definition) is 1. The van der Waals surface area contributed by atoms with Crippen LogP contribution in [0.2, 0.25) is 0 Å². The SMILES string of the molecule is CC12CC3CC(C1)CC(C(O)C1CCC1)(C3)C2. The van der Waals surface area contributed by atoms with Gasteiger partial charge in [-0.3, -0.25) is 0 Å². The molecule has 0 aromatic heterocycles. The van der Waals surface area contributed by atoms with Crippen molar-refractivity contribution < 1.29 is 5.11 Å². The molecule has 1 N–H and O–H groups in total. The Morgan fingerprint density at radius 2 is 1.71 bits per heavy atom. The summed E-state index contributed by atoms with van der Waals surface area (Å²) in [7, 11) is 0. The highest BCUT2D eigenvalue weighted by atomic mass is 16.3. The summed E-state index contributed by atoms with van der Waals surface area (Å²) >= 11 is 0. The van der Waals surface area contributed by atoms with Crippen LogP contribution >= 0.6 is 0 Å². The Labute approximate surface area is 105 Å². The fourth-order valence-electron chi connectivity index (χ4n) is 6.40. The van der Waals surface area contributed by atoms with Crippen molar-refractivity contribution in [1.82, 2.24) is 0 Å². The third-order valence-corrected chi connectivity index (χ3v) is 6.62. The zero-order chi connectivity index (χ0) is 11.7. The zero-order valence-electron chi connectivity index (χ0n) is 11.1. The second-order valence-electron chi connectivity index (χ2n) is 8.27. The van der Waals surface area contributed by atoms with Crippen molar-refractivity contribution in [1.29, 1.82) is 0 Å². The van der Waals surface area contributed by atoms with Crippen molar-refractivity contribution in [3.63, 3.8) is 0 Å². The topological polar surface area (TPSA) is 20.2 Å². The smallest absolute Gasteiger partial charge is 0.0624 e. The Morgan fingerprint density at radius 3 is 2.18 bits per heavy atom. The summed E-state index contributed by atoms with van der Waals surface area (Å²) in [5.41, 5.74) is 0.943. The maximum Gasteiger partial charge on any atom is 0.0624 e. The Morgan fingerprint density at radius 1 is 1.06 bits per heavy atom. The molecule has 5 fully saturated rings. The molecule has 0 radical (unpaired) electrons. The summed E-state index contributed by atoms with van der Waals surface area (Å²) in [6.07, 6.45) is 12.5. The Kier molecular flexibility index (Phi) is 2.10. The van der Waals surface area contributed by atoms with E-state index >= 15 is 0 Å². The van der Waals surface area contributed by atoms with E-state index in [-0.39, 0.29) is 6.10 Å². The molecule has 5 rings (SSSR count). The molecular formula is C16H26O. The first kappa shape index (κ1) is 10.8. The minimum atomic E-state index is 0.0430. The largest absolute Gasteiger partial charge is 0.392 e. The predicted molar refractivity (Wildman–Crippen MR) is 68.6 cm³/mol. The maximum absolute atomic E-state index is 10.8. The van der Waals surface area contributed by atoms with Crippen molar-refractivity contribution in [2.75, 3.05) is 0 Å². The minimum absolute atomic E-state index is 0.0430. The van der Waals surface area contributed by atoms with Crippen LogP contribution in [0.1, 0.15) is 64.7 Å². The van der Waals surface area contributed by atoms with Gasteiger partial charge >= 0.3 is 0 Å². The standard InChI is InChI=1S/C16H26O/c1-15-6-11-5-12(7-15)9-16(8-11,10-15)14(17)13-3-2-4-13/h11-14,17H,2-10H2,1H3. The maximum atomic E-state index is 10.8. The average molecular weight is 234 g/mol. The Balaban J connectivity index is 1.64. The van der Waals surface area contributed by atoms with Gasteiger partial charge in [-0.1, -0.05) is 13.3 Å². The normalized spacial score (nSPS) is 54.7. The molecule has 1 nitrogen and oxygen atoms in total. The van der Waals surface area contributed by atoms with E-state index in [4.69, 9.17) is 0 Å². The fraction of sp³-hybridized carbons (Fsp3) is 1.00. The second kappa shape index (κ2) is 3.29. The van der Waals surface area contributed by atoms with Crippen LogP contribution in [0, 0.1) is 28.6 Å². The highest BCUT2D eigenvalue weighted by Crippen LogP contribution is 2.67. The third-order valence-electron chi connectivity index (χ3n) is 6.62. The van der Waals surface area contributed by atoms with Gasteiger partial charge in [-0.2, -0.15) is 0 Å². The molecule has 3 atom stereocenters. The van der Waals surface area contributed by atoms with E-state index in [0.717, 1.165) is 11.8 Å². The zero-order valence-corrected chi connectivity index (χ0v) is 11.1. The van der Waals surface area contributed by atoms with Gasteiger partial charge in [0.25, 0.3) is 0 Å². The van der Waals surface area contributed by atoms with E-state index in [0.29, 0.717) is 16.7 Å². The summed E-state index contributed by atoms with van der Waals surface area (Å²) in [5, 5.41) is 10.8. The molecule has 0 heterocycles. The number of aliphatic hydroxyl groups is 1. The van der Waals surface area contributed by atoms with Crippen LogP contribution in [0.25, 0.3) is 0 Å². The monoisotopic (exact) mass is 234 g/mol. The van der Waals surface area contributed by atoms with Crippen LogP contribution in [-0.2, 0) is 0 Å². The summed E-state index contributed by atoms with van der Waals surface area (Å²) in [4.78, 5) is 0. The van der Waals surface area contributed by atoms with Gasteiger partial charge < -0.3 is 5.11 Å². The lowest BCUT2D eigenvalue weighted by atomic mass is 9.42. The van der Waals surface area contributed by atoms with Crippen molar-refractivity contribution in [2.45, 2.75) is 70.8 Å². The van der Waals surface area contributed by atoms with E-state index in [1.807, 2.05) is 0 Å². The molecule has 0 aromatic rings. The van der Waals surface area contributed by atoms with Gasteiger partial charge in [-0.25, -0.2) is 0 Å². The summed E-state index contributed by atoms with van der Waals surface area (Å²) in [6, 6.07) is 0. The molecule has 0 amide bonds. The Bertz CT molecular complexity index is 316. The van der Waals surface area contributed by atoms with Crippen LogP contribution in [0.4, 0.5) is 0 Å². The van der Waals surface area contributed by atoms with Gasteiger partial charge in [0.05, 0.1) is 6.10 Å². The van der Waals surface area contributed by atoms with Gasteiger partial charge in [0.1, 0.15) is 0 Å². The van der Waals surface area contributed by atoms with Crippen molar-refractivity contribution in [2.24, 2.45) is 28.6 Å². The lowest BCUT2D eigenvalue weighted by Gasteiger charge is -2.64. The van der Waals surface area contributed by atoms with Gasteiger partial charge in [-0.05, 0) is 80.0 Å². The summed E-state index contributed by atoms with van der Waals surface area (Å²) in [5.74, 6) is 2.57. The van der Waals surface area contributed by atoms with Crippen molar-refractivity contribution in [3.8, 4) is 0 Å². The van der Waals surface area contributed by atoms with E-state index in [1.165, 1.54) is 57.8 Å². The van der Waals surface area contributed by atoms with Crippen molar-refractivity contribution >= 4 is 0 Å². The predicted octanol–water partition coefficient (Wildman–Crippen LogP) is 3.75. The van der Waals surface area contributed by atoms with Crippen LogP contribution in [0.5, 0.6) is 0 Å². The molecule has 5 saturated carbocycles. The molecule has 5 aliphatic rings. The van der Waals surface area contributed by atoms with Crippen LogP contribution in [0.15, 0.2) is 0 Å². The molecule has 96 valence electrons. The molecule has 0 saturated heterocycles. The molecule has 1 heteroatoms. The highest BCUT2D eigenvalue weighted by molar-refractivity contribution is 5.09. The molecule has 3 unspecified atom stereocenters. The van der Waals surface area contributed by atoms with Crippen LogP contribution in [-0.4, -0.2) is 11.2 Å². The lowest BCUT2D eigenvalue weighted by Crippen LogP contribution is -2.57. The van der Waals surface area contributed by atoms with Gasteiger partial charge in [0.15, 0.2) is 0 Å². The van der Waals surface area contributed by atoms with E-state index in [9.17, 15) is 5.11 Å². The number of hydrogen-bond acceptors (Lipinski definition) is 1. The molecule has 0 aliphatic heterocycles. The Hall–Kier alpha value is -0.0400. The first-order chi connectivity index (χ1) is 8.09. The van der Waals surface area contributed by atoms with Crippen LogP contribution < -0.4 is 0 Å². The molecule has 4 bridgehead atoms. The minimum Gasteiger partial charge on any atom is -0.392 e. The van der Waals surface area contributed by atoms with E-state index < -0.39 is 0 Å². The molecule has 5 aliphatic carbocycles. The van der Waals surface area contributed by atoms with Gasteiger partial charge in [0, 0.05) is 0 Å². The molecule has 0 aromatic carbocycles. The average Bonchev–Trinajstić information content (AvgIpc) is 2.10. The first-order valence-electron chi connectivity index (χ1n) is 7.77. The van der Waals surface area contributed by atoms with Gasteiger partial charge in [0.2, 0.25) is 0 Å². The third kappa shape index (κ3) is 1.47. The van der Waals surface area contributed by atoms with Crippen molar-refractivity contribution in [3.05, 3.63) is 0 Å². The number of aliphatic hydroxyl groups excluding tert-OH is 1. The number of rotatable bonds is 2. The quantitative estimate of drug-likeness (QED) is 0.771. The van der Waals surface area contributed by atoms with E-state index in [2.05, 4.69) is 6.92 Å². The summed E-state index contributed by atoms with van der Waals surface area (Å²) < 4.78 is 0. The van der Waals surface area contributed by atoms with E-state index in [1.54, 1.807) is 0 Å². The first-order valence-corrected chi connectivity index (χ1v) is 7.77. The highest BCUT2D eigenvalue weighted by Gasteiger charge is 2.59.